The summed E-state index contributed by atoms with van der Waals surface area (Å²) in [6.45, 7) is 9.25. The smallest absolute Gasteiger partial charge is 0.258 e. The molecule has 0 spiro atoms. The molecule has 156 valence electrons. The van der Waals surface area contributed by atoms with Crippen LogP contribution in [0.4, 0.5) is 5.69 Å². The van der Waals surface area contributed by atoms with E-state index in [-0.39, 0.29) is 15.2 Å². The molecule has 2 heterocycles. The molecule has 0 unspecified atom stereocenters. The SMILES string of the molecule is C=C(Cl)SC(=C)C(=O)NC1(C(=O)Nc2cnc3c(c2)CCN(C)CC3)CCCC1. The Bertz CT molecular complexity index is 836. The van der Waals surface area contributed by atoms with Crippen LogP contribution in [0.5, 0.6) is 0 Å². The minimum atomic E-state index is -0.943. The van der Waals surface area contributed by atoms with E-state index in [0.717, 1.165) is 56.2 Å². The number of carbonyl (C=O) groups is 2. The topological polar surface area (TPSA) is 74.3 Å². The molecule has 6 nitrogen and oxygen atoms in total. The molecule has 2 N–H and O–H groups in total. The summed E-state index contributed by atoms with van der Waals surface area (Å²) in [6, 6.07) is 2.01. The van der Waals surface area contributed by atoms with Crippen LogP contribution in [0.2, 0.25) is 0 Å². The number of halogens is 1. The Kier molecular flexibility index (Phi) is 7.03. The van der Waals surface area contributed by atoms with Crippen molar-refractivity contribution in [3.05, 3.63) is 45.9 Å². The second-order valence-electron chi connectivity index (χ2n) is 7.71. The lowest BCUT2D eigenvalue weighted by Crippen LogP contribution is -2.55. The van der Waals surface area contributed by atoms with Gasteiger partial charge in [0.25, 0.3) is 5.91 Å². The number of hydrogen-bond acceptors (Lipinski definition) is 5. The molecule has 1 aliphatic heterocycles. The van der Waals surface area contributed by atoms with E-state index in [1.807, 2.05) is 6.07 Å². The largest absolute Gasteiger partial charge is 0.337 e. The molecule has 0 bridgehead atoms. The third kappa shape index (κ3) is 5.41. The molecule has 2 aliphatic rings. The number of thioether (sulfide) groups is 1. The number of aromatic nitrogens is 1. The molecule has 1 aliphatic carbocycles. The maximum atomic E-state index is 13.2. The molecule has 0 saturated heterocycles. The molecule has 0 aromatic carbocycles. The van der Waals surface area contributed by atoms with Crippen LogP contribution in [0, 0.1) is 0 Å². The Morgan fingerprint density at radius 2 is 1.93 bits per heavy atom. The maximum absolute atomic E-state index is 13.2. The highest BCUT2D eigenvalue weighted by molar-refractivity contribution is 8.08. The summed E-state index contributed by atoms with van der Waals surface area (Å²) in [4.78, 5) is 32.8. The first kappa shape index (κ1) is 21.9. The number of amides is 2. The minimum Gasteiger partial charge on any atom is -0.337 e. The van der Waals surface area contributed by atoms with E-state index in [4.69, 9.17) is 11.6 Å². The van der Waals surface area contributed by atoms with Crippen molar-refractivity contribution in [2.75, 3.05) is 25.5 Å². The number of likely N-dealkylation sites (N-methyl/N-ethyl adjacent to an activating group) is 1. The van der Waals surface area contributed by atoms with Crippen molar-refractivity contribution in [3.8, 4) is 0 Å². The zero-order valence-corrected chi connectivity index (χ0v) is 18.3. The van der Waals surface area contributed by atoms with E-state index in [1.54, 1.807) is 6.20 Å². The van der Waals surface area contributed by atoms with Crippen molar-refractivity contribution in [2.24, 2.45) is 0 Å². The first-order chi connectivity index (χ1) is 13.8. The molecular weight excluding hydrogens is 408 g/mol. The third-order valence-corrected chi connectivity index (χ3v) is 6.43. The maximum Gasteiger partial charge on any atom is 0.258 e. The number of pyridine rings is 1. The van der Waals surface area contributed by atoms with E-state index in [9.17, 15) is 9.59 Å². The summed E-state index contributed by atoms with van der Waals surface area (Å²) in [6.07, 6.45) is 6.46. The zero-order valence-electron chi connectivity index (χ0n) is 16.7. The average Bonchev–Trinajstić information content (AvgIpc) is 3.06. The molecule has 0 atom stereocenters. The monoisotopic (exact) mass is 434 g/mol. The summed E-state index contributed by atoms with van der Waals surface area (Å²) in [5.41, 5.74) is 1.98. The lowest BCUT2D eigenvalue weighted by Gasteiger charge is -2.29. The van der Waals surface area contributed by atoms with Crippen molar-refractivity contribution < 1.29 is 9.59 Å². The van der Waals surface area contributed by atoms with Crippen LogP contribution in [0.1, 0.15) is 36.9 Å². The van der Waals surface area contributed by atoms with Crippen LogP contribution in [0.15, 0.2) is 34.7 Å². The summed E-state index contributed by atoms with van der Waals surface area (Å²) >= 11 is 6.75. The van der Waals surface area contributed by atoms with Gasteiger partial charge in [0, 0.05) is 25.2 Å². The van der Waals surface area contributed by atoms with Gasteiger partial charge in [-0.1, -0.05) is 49.4 Å². The lowest BCUT2D eigenvalue weighted by atomic mass is 9.95. The van der Waals surface area contributed by atoms with Gasteiger partial charge >= 0.3 is 0 Å². The van der Waals surface area contributed by atoms with Crippen LogP contribution in [0.25, 0.3) is 0 Å². The van der Waals surface area contributed by atoms with E-state index in [1.165, 1.54) is 5.56 Å². The average molecular weight is 435 g/mol. The summed E-state index contributed by atoms with van der Waals surface area (Å²) in [7, 11) is 2.10. The Labute approximate surface area is 181 Å². The highest BCUT2D eigenvalue weighted by atomic mass is 35.5. The molecule has 8 heteroatoms. The fourth-order valence-corrected chi connectivity index (χ4v) is 4.56. The Balaban J connectivity index is 1.72. The van der Waals surface area contributed by atoms with Gasteiger partial charge in [-0.05, 0) is 37.9 Å². The van der Waals surface area contributed by atoms with Gasteiger partial charge in [0.15, 0.2) is 0 Å². The van der Waals surface area contributed by atoms with Crippen LogP contribution >= 0.6 is 23.4 Å². The molecule has 3 rings (SSSR count). The Hall–Kier alpha value is -1.83. The third-order valence-electron chi connectivity index (χ3n) is 5.54. The predicted molar refractivity (Wildman–Crippen MR) is 119 cm³/mol. The highest BCUT2D eigenvalue weighted by Gasteiger charge is 2.43. The van der Waals surface area contributed by atoms with E-state index < -0.39 is 11.4 Å². The number of hydrogen-bond donors (Lipinski definition) is 2. The number of nitrogens with one attached hydrogen (secondary N) is 2. The fourth-order valence-electron chi connectivity index (χ4n) is 3.87. The van der Waals surface area contributed by atoms with Gasteiger partial charge in [-0.3, -0.25) is 14.6 Å². The summed E-state index contributed by atoms with van der Waals surface area (Å²) in [5.74, 6) is -0.602. The van der Waals surface area contributed by atoms with Gasteiger partial charge in [0.2, 0.25) is 5.91 Å². The summed E-state index contributed by atoms with van der Waals surface area (Å²) < 4.78 is 0.261. The molecule has 1 aromatic heterocycles. The van der Waals surface area contributed by atoms with E-state index >= 15 is 0 Å². The molecule has 1 saturated carbocycles. The molecule has 0 radical (unpaired) electrons. The molecule has 2 amide bonds. The number of rotatable bonds is 6. The van der Waals surface area contributed by atoms with E-state index in [0.29, 0.717) is 18.5 Å². The Morgan fingerprint density at radius 1 is 1.24 bits per heavy atom. The van der Waals surface area contributed by atoms with Gasteiger partial charge in [0.1, 0.15) is 5.54 Å². The van der Waals surface area contributed by atoms with Gasteiger partial charge < -0.3 is 15.5 Å². The molecule has 29 heavy (non-hydrogen) atoms. The van der Waals surface area contributed by atoms with Crippen molar-refractivity contribution in [3.63, 3.8) is 0 Å². The predicted octanol–water partition coefficient (Wildman–Crippen LogP) is 3.44. The number of carbonyl (C=O) groups excluding carboxylic acids is 2. The normalized spacial score (nSPS) is 18.4. The zero-order chi connectivity index (χ0) is 21.0. The van der Waals surface area contributed by atoms with Gasteiger partial charge in [0.05, 0.1) is 21.2 Å². The van der Waals surface area contributed by atoms with Crippen LogP contribution in [-0.2, 0) is 22.4 Å². The van der Waals surface area contributed by atoms with Crippen LogP contribution < -0.4 is 10.6 Å². The van der Waals surface area contributed by atoms with Crippen LogP contribution in [-0.4, -0.2) is 47.4 Å². The summed E-state index contributed by atoms with van der Waals surface area (Å²) in [5, 5.41) is 5.88. The first-order valence-corrected chi connectivity index (χ1v) is 11.0. The van der Waals surface area contributed by atoms with Gasteiger partial charge in [-0.15, -0.1) is 0 Å². The van der Waals surface area contributed by atoms with Crippen molar-refractivity contribution in [1.82, 2.24) is 15.2 Å². The first-order valence-electron chi connectivity index (χ1n) is 9.80. The Morgan fingerprint density at radius 3 is 2.62 bits per heavy atom. The van der Waals surface area contributed by atoms with Crippen molar-refractivity contribution in [2.45, 2.75) is 44.1 Å². The number of fused-ring (bicyclic) bond motifs is 1. The minimum absolute atomic E-state index is 0.210. The quantitative estimate of drug-likeness (QED) is 0.671. The molecule has 1 aromatic rings. The van der Waals surface area contributed by atoms with Crippen molar-refractivity contribution >= 4 is 40.9 Å². The number of nitrogens with zero attached hydrogens (tertiary/aromatic N) is 2. The lowest BCUT2D eigenvalue weighted by molar-refractivity contribution is -0.128. The van der Waals surface area contributed by atoms with E-state index in [2.05, 4.69) is 40.7 Å². The van der Waals surface area contributed by atoms with Gasteiger partial charge in [-0.2, -0.15) is 0 Å². The van der Waals surface area contributed by atoms with Crippen LogP contribution in [0.3, 0.4) is 0 Å². The van der Waals surface area contributed by atoms with Gasteiger partial charge in [-0.25, -0.2) is 0 Å². The highest BCUT2D eigenvalue weighted by Crippen LogP contribution is 2.33. The standard InChI is InChI=1S/C21H27ClN4O2S/c1-14(29-15(2)22)19(27)25-21(8-4-5-9-21)20(28)24-17-12-16-6-10-26(3)11-7-18(16)23-13-17/h12-13H,1-2,4-11H2,3H3,(H,24,28)(H,25,27). The van der Waals surface area contributed by atoms with Crippen molar-refractivity contribution in [1.29, 1.82) is 0 Å². The number of anilines is 1. The fraction of sp³-hybridized carbons (Fsp3) is 0.476. The second kappa shape index (κ2) is 9.32. The second-order valence-corrected chi connectivity index (χ2v) is 9.58. The molecular formula is C21H27ClN4O2S. The molecule has 1 fully saturated rings.